The number of hydrogen-bond donors (Lipinski definition) is 1. The number of alkyl carbamates (subject to hydrolysis) is 1. The van der Waals surface area contributed by atoms with Gasteiger partial charge in [0, 0.05) is 22.7 Å². The summed E-state index contributed by atoms with van der Waals surface area (Å²) in [4.78, 5) is 28.7. The number of esters is 1. The third-order valence-electron chi connectivity index (χ3n) is 6.68. The number of nitrogens with zero attached hydrogens (tertiary/aromatic N) is 1. The quantitative estimate of drug-likeness (QED) is 0.181. The fraction of sp³-hybridized carbons (Fsp3) is 0.229. The lowest BCUT2D eigenvalue weighted by Gasteiger charge is -2.19. The zero-order valence-corrected chi connectivity index (χ0v) is 24.7. The Morgan fingerprint density at radius 2 is 1.72 bits per heavy atom. The van der Waals surface area contributed by atoms with E-state index in [1.165, 1.54) is 7.11 Å². The Balaban J connectivity index is 1.41. The Kier molecular flexibility index (Phi) is 8.76. The van der Waals surface area contributed by atoms with Crippen molar-refractivity contribution in [1.29, 1.82) is 0 Å². The van der Waals surface area contributed by atoms with Crippen LogP contribution in [0.5, 0.6) is 5.75 Å². The second-order valence-corrected chi connectivity index (χ2v) is 11.1. The molecule has 0 saturated heterocycles. The largest absolute Gasteiger partial charge is 0.489 e. The van der Waals surface area contributed by atoms with Gasteiger partial charge < -0.3 is 23.9 Å². The Labute approximate surface area is 250 Å². The van der Waals surface area contributed by atoms with Gasteiger partial charge in [-0.25, -0.2) is 4.79 Å². The molecule has 2 heterocycles. The van der Waals surface area contributed by atoms with Crippen LogP contribution in [0.1, 0.15) is 37.6 Å². The average Bonchev–Trinajstić information content (AvgIpc) is 3.47. The van der Waals surface area contributed by atoms with Gasteiger partial charge in [0.05, 0.1) is 32.0 Å². The molecule has 0 aliphatic heterocycles. The molecule has 0 saturated carbocycles. The molecule has 0 unspecified atom stereocenters. The van der Waals surface area contributed by atoms with E-state index in [1.807, 2.05) is 99.6 Å². The van der Waals surface area contributed by atoms with Crippen LogP contribution in [0.25, 0.3) is 33.2 Å². The van der Waals surface area contributed by atoms with Gasteiger partial charge in [-0.15, -0.1) is 0 Å². The van der Waals surface area contributed by atoms with Gasteiger partial charge in [0.15, 0.2) is 0 Å². The summed E-state index contributed by atoms with van der Waals surface area (Å²) >= 11 is 0. The van der Waals surface area contributed by atoms with Crippen molar-refractivity contribution in [2.24, 2.45) is 0 Å². The summed E-state index contributed by atoms with van der Waals surface area (Å²) in [5.41, 5.74) is 6.28. The molecule has 0 atom stereocenters. The van der Waals surface area contributed by atoms with E-state index in [9.17, 15) is 9.59 Å². The van der Waals surface area contributed by atoms with Crippen LogP contribution < -0.4 is 10.1 Å². The van der Waals surface area contributed by atoms with Crippen molar-refractivity contribution in [2.45, 2.75) is 45.9 Å². The van der Waals surface area contributed by atoms with Crippen molar-refractivity contribution in [2.75, 3.05) is 7.11 Å². The van der Waals surface area contributed by atoms with Crippen LogP contribution in [-0.4, -0.2) is 29.8 Å². The predicted octanol–water partition coefficient (Wildman–Crippen LogP) is 7.48. The summed E-state index contributed by atoms with van der Waals surface area (Å²) in [6.07, 6.45) is 2.95. The zero-order chi connectivity index (χ0) is 30.4. The van der Waals surface area contributed by atoms with E-state index in [2.05, 4.69) is 10.3 Å². The molecule has 43 heavy (non-hydrogen) atoms. The Bertz CT molecular complexity index is 1740. The fourth-order valence-corrected chi connectivity index (χ4v) is 4.70. The highest BCUT2D eigenvalue weighted by molar-refractivity contribution is 5.93. The number of methoxy groups -OCH3 is 1. The molecule has 220 valence electrons. The SMILES string of the molecule is COC(=O)Cc1ccc(-c2ccccc2)cc1OCc1cc(-c2ccnc(CNC(=O)OC(C)(C)C)c2)c2occc2c1. The monoisotopic (exact) mass is 578 g/mol. The van der Waals surface area contributed by atoms with Crippen molar-refractivity contribution in [3.05, 3.63) is 108 Å². The number of amides is 1. The number of hydrogen-bond acceptors (Lipinski definition) is 7. The molecule has 3 aromatic carbocycles. The molecular weight excluding hydrogens is 544 g/mol. The number of furan rings is 1. The average molecular weight is 579 g/mol. The number of rotatable bonds is 9. The van der Waals surface area contributed by atoms with Crippen LogP contribution in [-0.2, 0) is 33.8 Å². The minimum absolute atomic E-state index is 0.101. The van der Waals surface area contributed by atoms with Crippen LogP contribution in [0.3, 0.4) is 0 Å². The minimum Gasteiger partial charge on any atom is -0.489 e. The number of aromatic nitrogens is 1. The molecule has 5 aromatic rings. The number of pyridine rings is 1. The maximum atomic E-state index is 12.1. The molecule has 0 spiro atoms. The number of fused-ring (bicyclic) bond motifs is 1. The number of carbonyl (C=O) groups is 2. The first kappa shape index (κ1) is 29.4. The number of benzene rings is 3. The molecule has 0 aliphatic carbocycles. The first-order valence-electron chi connectivity index (χ1n) is 14.0. The van der Waals surface area contributed by atoms with Crippen LogP contribution >= 0.6 is 0 Å². The molecule has 8 heteroatoms. The maximum Gasteiger partial charge on any atom is 0.407 e. The second kappa shape index (κ2) is 12.8. The van der Waals surface area contributed by atoms with E-state index in [1.54, 1.807) is 12.5 Å². The van der Waals surface area contributed by atoms with Gasteiger partial charge in [0.2, 0.25) is 0 Å². The lowest BCUT2D eigenvalue weighted by Crippen LogP contribution is -2.32. The van der Waals surface area contributed by atoms with Crippen molar-refractivity contribution < 1.29 is 28.2 Å². The third-order valence-corrected chi connectivity index (χ3v) is 6.68. The van der Waals surface area contributed by atoms with Gasteiger partial charge in [-0.1, -0.05) is 42.5 Å². The van der Waals surface area contributed by atoms with Gasteiger partial charge in [-0.05, 0) is 79.4 Å². The molecule has 0 radical (unpaired) electrons. The minimum atomic E-state index is -0.588. The molecule has 5 rings (SSSR count). The van der Waals surface area contributed by atoms with Crippen molar-refractivity contribution in [3.63, 3.8) is 0 Å². The van der Waals surface area contributed by atoms with Crippen LogP contribution in [0.15, 0.2) is 95.7 Å². The molecule has 8 nitrogen and oxygen atoms in total. The third kappa shape index (κ3) is 7.60. The Hall–Kier alpha value is -5.11. The molecule has 1 amide bonds. The lowest BCUT2D eigenvalue weighted by atomic mass is 10.0. The van der Waals surface area contributed by atoms with Gasteiger partial charge in [0.25, 0.3) is 0 Å². The van der Waals surface area contributed by atoms with Gasteiger partial charge in [0.1, 0.15) is 23.5 Å². The van der Waals surface area contributed by atoms with E-state index in [-0.39, 0.29) is 25.5 Å². The zero-order valence-electron chi connectivity index (χ0n) is 24.7. The highest BCUT2D eigenvalue weighted by atomic mass is 16.6. The summed E-state index contributed by atoms with van der Waals surface area (Å²) in [5.74, 6) is 0.272. The molecular formula is C35H34N2O6. The number of nitrogens with one attached hydrogen (secondary N) is 1. The van der Waals surface area contributed by atoms with Crippen LogP contribution in [0.4, 0.5) is 4.79 Å². The predicted molar refractivity (Wildman–Crippen MR) is 164 cm³/mol. The van der Waals surface area contributed by atoms with Crippen LogP contribution in [0.2, 0.25) is 0 Å². The van der Waals surface area contributed by atoms with Gasteiger partial charge in [-0.3, -0.25) is 9.78 Å². The molecule has 0 bridgehead atoms. The van der Waals surface area contributed by atoms with Crippen molar-refractivity contribution in [3.8, 4) is 28.0 Å². The Morgan fingerprint density at radius 3 is 2.49 bits per heavy atom. The highest BCUT2D eigenvalue weighted by Gasteiger charge is 2.17. The Morgan fingerprint density at radius 1 is 0.907 bits per heavy atom. The van der Waals surface area contributed by atoms with Crippen molar-refractivity contribution in [1.82, 2.24) is 10.3 Å². The van der Waals surface area contributed by atoms with Crippen LogP contribution in [0, 0.1) is 0 Å². The summed E-state index contributed by atoms with van der Waals surface area (Å²) in [7, 11) is 1.38. The molecule has 0 aliphatic rings. The van der Waals surface area contributed by atoms with E-state index >= 15 is 0 Å². The highest BCUT2D eigenvalue weighted by Crippen LogP contribution is 2.33. The number of carbonyl (C=O) groups excluding carboxylic acids is 2. The number of ether oxygens (including phenoxy) is 3. The first-order chi connectivity index (χ1) is 20.7. The van der Waals surface area contributed by atoms with Gasteiger partial charge >= 0.3 is 12.1 Å². The topological polar surface area (TPSA) is 99.9 Å². The first-order valence-corrected chi connectivity index (χ1v) is 14.0. The van der Waals surface area contributed by atoms with E-state index < -0.39 is 11.7 Å². The second-order valence-electron chi connectivity index (χ2n) is 11.1. The summed E-state index contributed by atoms with van der Waals surface area (Å²) < 4.78 is 22.5. The van der Waals surface area contributed by atoms with E-state index in [0.717, 1.165) is 44.3 Å². The maximum absolute atomic E-state index is 12.1. The standard InChI is InChI=1S/C35H34N2O6/c1-35(2,3)43-34(39)37-21-29-18-26(12-14-36-29)30-17-23(16-28-13-15-41-33(28)30)22-42-31-19-25(24-8-6-5-7-9-24)10-11-27(31)20-32(38)40-4/h5-19H,20-22H2,1-4H3,(H,37,39). The lowest BCUT2D eigenvalue weighted by molar-refractivity contribution is -0.139. The molecule has 1 N–H and O–H groups in total. The fourth-order valence-electron chi connectivity index (χ4n) is 4.70. The summed E-state index contributed by atoms with van der Waals surface area (Å²) in [5, 5.41) is 3.68. The van der Waals surface area contributed by atoms with E-state index in [0.29, 0.717) is 11.4 Å². The smallest absolute Gasteiger partial charge is 0.407 e. The van der Waals surface area contributed by atoms with Gasteiger partial charge in [-0.2, -0.15) is 0 Å². The summed E-state index contributed by atoms with van der Waals surface area (Å²) in [6.45, 7) is 5.93. The van der Waals surface area contributed by atoms with E-state index in [4.69, 9.17) is 18.6 Å². The normalized spacial score (nSPS) is 11.3. The van der Waals surface area contributed by atoms with Crippen molar-refractivity contribution >= 4 is 23.0 Å². The molecule has 2 aromatic heterocycles. The molecule has 0 fully saturated rings. The summed E-state index contributed by atoms with van der Waals surface area (Å²) in [6, 6.07) is 25.6.